The third-order valence-electron chi connectivity index (χ3n) is 2.11. The average Bonchev–Trinajstić information content (AvgIpc) is 1.88. The normalized spacial score (nSPS) is 25.2. The second-order valence-corrected chi connectivity index (χ2v) is 3.08. The first-order valence-electron chi connectivity index (χ1n) is 4.42. The minimum absolute atomic E-state index is 0.855. The van der Waals surface area contributed by atoms with E-state index in [4.69, 9.17) is 0 Å². The number of likely N-dealkylation sites (tertiary alicyclic amines) is 1. The lowest BCUT2D eigenvalue weighted by molar-refractivity contribution is 0.0867. The van der Waals surface area contributed by atoms with E-state index in [0.29, 0.717) is 0 Å². The maximum Gasteiger partial charge on any atom is 0.0127 e. The zero-order chi connectivity index (χ0) is 8.15. The van der Waals surface area contributed by atoms with Crippen molar-refractivity contribution < 1.29 is 0 Å². The minimum atomic E-state index is 0.855. The molecule has 1 unspecified atom stereocenters. The second kappa shape index (κ2) is 4.73. The van der Waals surface area contributed by atoms with E-state index < -0.39 is 0 Å². The van der Waals surface area contributed by atoms with Crippen LogP contribution in [0.4, 0.5) is 0 Å². The van der Waals surface area contributed by atoms with Crippen LogP contribution in [0.2, 0.25) is 0 Å². The molecule has 0 aliphatic carbocycles. The molecule has 1 saturated heterocycles. The predicted molar refractivity (Wildman–Crippen MR) is 47.2 cm³/mol. The summed E-state index contributed by atoms with van der Waals surface area (Å²) in [5, 5.41) is 0. The molecule has 0 bridgehead atoms. The van der Waals surface area contributed by atoms with Crippen molar-refractivity contribution in [2.75, 3.05) is 13.6 Å². The Labute approximate surface area is 65.4 Å². The third-order valence-corrected chi connectivity index (χ3v) is 2.11. The van der Waals surface area contributed by atoms with Gasteiger partial charge in [-0.1, -0.05) is 27.7 Å². The summed E-state index contributed by atoms with van der Waals surface area (Å²) < 4.78 is 0. The van der Waals surface area contributed by atoms with E-state index in [-0.39, 0.29) is 0 Å². The first kappa shape index (κ1) is 9.96. The van der Waals surface area contributed by atoms with Crippen LogP contribution >= 0.6 is 0 Å². The van der Waals surface area contributed by atoms with Gasteiger partial charge in [-0.05, 0) is 25.9 Å². The van der Waals surface area contributed by atoms with Crippen molar-refractivity contribution in [3.8, 4) is 0 Å². The van der Waals surface area contributed by atoms with Gasteiger partial charge in [-0.3, -0.25) is 0 Å². The van der Waals surface area contributed by atoms with Gasteiger partial charge < -0.3 is 4.90 Å². The smallest absolute Gasteiger partial charge is 0.0127 e. The highest BCUT2D eigenvalue weighted by Gasteiger charge is 2.26. The lowest BCUT2D eigenvalue weighted by Gasteiger charge is -2.40. The molecule has 1 fully saturated rings. The molecular formula is C9H21N. The molecule has 1 aliphatic heterocycles. The highest BCUT2D eigenvalue weighted by atomic mass is 15.2. The van der Waals surface area contributed by atoms with E-state index in [9.17, 15) is 0 Å². The summed E-state index contributed by atoms with van der Waals surface area (Å²) in [6.07, 6.45) is 1.41. The van der Waals surface area contributed by atoms with Gasteiger partial charge in [-0.15, -0.1) is 0 Å². The van der Waals surface area contributed by atoms with Crippen LogP contribution in [0.5, 0.6) is 0 Å². The fraction of sp³-hybridized carbons (Fsp3) is 1.00. The number of nitrogens with zero attached hydrogens (tertiary/aromatic N) is 1. The molecule has 1 nitrogen and oxygen atoms in total. The highest BCUT2D eigenvalue weighted by molar-refractivity contribution is 4.81. The monoisotopic (exact) mass is 143 g/mol. The Hall–Kier alpha value is -0.0400. The van der Waals surface area contributed by atoms with E-state index in [2.05, 4.69) is 25.8 Å². The molecule has 10 heavy (non-hydrogen) atoms. The summed E-state index contributed by atoms with van der Waals surface area (Å²) in [6.45, 7) is 9.89. The summed E-state index contributed by atoms with van der Waals surface area (Å²) in [5.74, 6) is 0.855. The Morgan fingerprint density at radius 1 is 1.30 bits per heavy atom. The molecule has 1 rings (SSSR count). The molecule has 0 spiro atoms. The van der Waals surface area contributed by atoms with E-state index in [0.717, 1.165) is 12.0 Å². The number of hydrogen-bond acceptors (Lipinski definition) is 1. The van der Waals surface area contributed by atoms with Gasteiger partial charge >= 0.3 is 0 Å². The number of hydrogen-bond donors (Lipinski definition) is 0. The van der Waals surface area contributed by atoms with Gasteiger partial charge in [-0.25, -0.2) is 0 Å². The zero-order valence-electron chi connectivity index (χ0n) is 8.02. The Morgan fingerprint density at radius 2 is 1.80 bits per heavy atom. The predicted octanol–water partition coefficient (Wildman–Crippen LogP) is 2.37. The summed E-state index contributed by atoms with van der Waals surface area (Å²) in [4.78, 5) is 2.42. The van der Waals surface area contributed by atoms with Crippen molar-refractivity contribution in [1.82, 2.24) is 4.90 Å². The van der Waals surface area contributed by atoms with Crippen molar-refractivity contribution in [3.63, 3.8) is 0 Å². The van der Waals surface area contributed by atoms with Crippen LogP contribution in [0.3, 0.4) is 0 Å². The Kier molecular flexibility index (Phi) is 4.71. The van der Waals surface area contributed by atoms with Crippen LogP contribution in [-0.2, 0) is 0 Å². The molecule has 0 aromatic heterocycles. The van der Waals surface area contributed by atoms with Crippen LogP contribution in [0.25, 0.3) is 0 Å². The van der Waals surface area contributed by atoms with Crippen LogP contribution in [0, 0.1) is 5.92 Å². The molecule has 0 aromatic rings. The molecule has 0 N–H and O–H groups in total. The topological polar surface area (TPSA) is 3.24 Å². The van der Waals surface area contributed by atoms with Gasteiger partial charge in [0.1, 0.15) is 0 Å². The highest BCUT2D eigenvalue weighted by Crippen LogP contribution is 2.21. The molecule has 1 aliphatic rings. The molecule has 62 valence electrons. The SMILES string of the molecule is CC.CC(C)C1CCN1C. The molecule has 0 aromatic carbocycles. The quantitative estimate of drug-likeness (QED) is 0.544. The maximum absolute atomic E-state index is 2.42. The summed E-state index contributed by atoms with van der Waals surface area (Å²) in [6, 6.07) is 0.884. The summed E-state index contributed by atoms with van der Waals surface area (Å²) >= 11 is 0. The van der Waals surface area contributed by atoms with E-state index in [1.807, 2.05) is 13.8 Å². The van der Waals surface area contributed by atoms with E-state index in [1.54, 1.807) is 0 Å². The van der Waals surface area contributed by atoms with Crippen LogP contribution in [0.15, 0.2) is 0 Å². The third kappa shape index (κ3) is 2.30. The lowest BCUT2D eigenvalue weighted by Crippen LogP contribution is -2.47. The largest absolute Gasteiger partial charge is 0.303 e. The second-order valence-electron chi connectivity index (χ2n) is 3.08. The van der Waals surface area contributed by atoms with Crippen molar-refractivity contribution >= 4 is 0 Å². The van der Waals surface area contributed by atoms with Gasteiger partial charge in [0.15, 0.2) is 0 Å². The fourth-order valence-electron chi connectivity index (χ4n) is 1.38. The van der Waals surface area contributed by atoms with Crippen molar-refractivity contribution in [2.45, 2.75) is 40.2 Å². The lowest BCUT2D eigenvalue weighted by atomic mass is 9.93. The average molecular weight is 143 g/mol. The molecule has 0 radical (unpaired) electrons. The summed E-state index contributed by atoms with van der Waals surface area (Å²) in [5.41, 5.74) is 0. The Morgan fingerprint density at radius 3 is 1.80 bits per heavy atom. The maximum atomic E-state index is 2.42. The van der Waals surface area contributed by atoms with Crippen molar-refractivity contribution in [1.29, 1.82) is 0 Å². The minimum Gasteiger partial charge on any atom is -0.303 e. The molecule has 1 heterocycles. The van der Waals surface area contributed by atoms with E-state index >= 15 is 0 Å². The Bertz CT molecular complexity index is 74.0. The Balaban J connectivity index is 0.000000371. The molecule has 0 amide bonds. The summed E-state index contributed by atoms with van der Waals surface area (Å²) in [7, 11) is 2.20. The van der Waals surface area contributed by atoms with Gasteiger partial charge in [0.2, 0.25) is 0 Å². The number of rotatable bonds is 1. The fourth-order valence-corrected chi connectivity index (χ4v) is 1.38. The molecule has 1 heteroatoms. The standard InChI is InChI=1S/C7H15N.C2H6/c1-6(2)7-4-5-8(7)3;1-2/h6-7H,4-5H2,1-3H3;1-2H3. The molecular weight excluding hydrogens is 122 g/mol. The van der Waals surface area contributed by atoms with E-state index in [1.165, 1.54) is 13.0 Å². The van der Waals surface area contributed by atoms with Crippen molar-refractivity contribution in [3.05, 3.63) is 0 Å². The van der Waals surface area contributed by atoms with Gasteiger partial charge in [-0.2, -0.15) is 0 Å². The van der Waals surface area contributed by atoms with Gasteiger partial charge in [0.05, 0.1) is 0 Å². The molecule has 1 atom stereocenters. The van der Waals surface area contributed by atoms with Crippen LogP contribution < -0.4 is 0 Å². The first-order valence-corrected chi connectivity index (χ1v) is 4.42. The molecule has 0 saturated carbocycles. The van der Waals surface area contributed by atoms with Gasteiger partial charge in [0, 0.05) is 6.04 Å². The van der Waals surface area contributed by atoms with Crippen molar-refractivity contribution in [2.24, 2.45) is 5.92 Å². The zero-order valence-corrected chi connectivity index (χ0v) is 8.02. The van der Waals surface area contributed by atoms with Crippen LogP contribution in [0.1, 0.15) is 34.1 Å². The van der Waals surface area contributed by atoms with Crippen LogP contribution in [-0.4, -0.2) is 24.5 Å². The first-order chi connectivity index (χ1) is 4.72. The van der Waals surface area contributed by atoms with Gasteiger partial charge in [0.25, 0.3) is 0 Å².